The van der Waals surface area contributed by atoms with Gasteiger partial charge in [0.1, 0.15) is 12.4 Å². The van der Waals surface area contributed by atoms with Crippen LogP contribution in [0.2, 0.25) is 0 Å². The molecule has 3 rings (SSSR count). The van der Waals surface area contributed by atoms with Gasteiger partial charge in [0.25, 0.3) is 0 Å². The van der Waals surface area contributed by atoms with E-state index in [1.54, 1.807) is 0 Å². The minimum atomic E-state index is 0. The smallest absolute Gasteiger partial charge is 0.196 e. The first-order valence-corrected chi connectivity index (χ1v) is 9.47. The van der Waals surface area contributed by atoms with E-state index in [2.05, 4.69) is 32.7 Å². The summed E-state index contributed by atoms with van der Waals surface area (Å²) in [6.45, 7) is 6.74. The number of halogens is 1. The summed E-state index contributed by atoms with van der Waals surface area (Å²) in [5, 5.41) is 15.0. The molecule has 2 heterocycles. The SMILES string of the molecule is CCCCNC(=NCc1nnc(C)n1C)Nc1ccc2c(c1)OCCCO2.I. The Morgan fingerprint density at radius 1 is 1.21 bits per heavy atom. The van der Waals surface area contributed by atoms with Crippen LogP contribution < -0.4 is 20.1 Å². The largest absolute Gasteiger partial charge is 0.490 e. The molecular formula is C19H29IN6O2. The van der Waals surface area contributed by atoms with Crippen LogP contribution in [-0.4, -0.2) is 40.5 Å². The van der Waals surface area contributed by atoms with Crippen molar-refractivity contribution in [2.45, 2.75) is 39.7 Å². The van der Waals surface area contributed by atoms with Crippen molar-refractivity contribution in [2.75, 3.05) is 25.1 Å². The van der Waals surface area contributed by atoms with Crippen LogP contribution in [0.3, 0.4) is 0 Å². The van der Waals surface area contributed by atoms with Crippen molar-refractivity contribution in [3.63, 3.8) is 0 Å². The Morgan fingerprint density at radius 3 is 2.71 bits per heavy atom. The van der Waals surface area contributed by atoms with E-state index in [4.69, 9.17) is 9.47 Å². The topological polar surface area (TPSA) is 85.6 Å². The summed E-state index contributed by atoms with van der Waals surface area (Å²) >= 11 is 0. The van der Waals surface area contributed by atoms with Crippen molar-refractivity contribution in [3.8, 4) is 11.5 Å². The maximum atomic E-state index is 5.77. The van der Waals surface area contributed by atoms with Crippen molar-refractivity contribution in [2.24, 2.45) is 12.0 Å². The molecular weight excluding hydrogens is 471 g/mol. The summed E-state index contributed by atoms with van der Waals surface area (Å²) in [5.74, 6) is 3.94. The zero-order chi connectivity index (χ0) is 19.1. The number of fused-ring (bicyclic) bond motifs is 1. The van der Waals surface area contributed by atoms with Crippen molar-refractivity contribution in [1.82, 2.24) is 20.1 Å². The number of unbranched alkanes of at least 4 members (excludes halogenated alkanes) is 1. The Kier molecular flexibility index (Phi) is 8.81. The van der Waals surface area contributed by atoms with Crippen molar-refractivity contribution < 1.29 is 9.47 Å². The lowest BCUT2D eigenvalue weighted by Gasteiger charge is -2.14. The number of aliphatic imine (C=N–C) groups is 1. The van der Waals surface area contributed by atoms with Crippen LogP contribution >= 0.6 is 24.0 Å². The number of aromatic nitrogens is 3. The predicted molar refractivity (Wildman–Crippen MR) is 121 cm³/mol. The summed E-state index contributed by atoms with van der Waals surface area (Å²) in [6.07, 6.45) is 3.08. The number of anilines is 1. The van der Waals surface area contributed by atoms with Crippen LogP contribution in [0.4, 0.5) is 5.69 Å². The van der Waals surface area contributed by atoms with Gasteiger partial charge in [-0.25, -0.2) is 4.99 Å². The van der Waals surface area contributed by atoms with Crippen LogP contribution in [0.15, 0.2) is 23.2 Å². The van der Waals surface area contributed by atoms with Gasteiger partial charge in [0.15, 0.2) is 23.3 Å². The van der Waals surface area contributed by atoms with Gasteiger partial charge in [0, 0.05) is 31.8 Å². The zero-order valence-corrected chi connectivity index (χ0v) is 19.0. The van der Waals surface area contributed by atoms with Crippen molar-refractivity contribution in [3.05, 3.63) is 29.8 Å². The second-order valence-electron chi connectivity index (χ2n) is 6.50. The second-order valence-corrected chi connectivity index (χ2v) is 6.50. The van der Waals surface area contributed by atoms with E-state index in [9.17, 15) is 0 Å². The number of hydrogen-bond donors (Lipinski definition) is 2. The lowest BCUT2D eigenvalue weighted by molar-refractivity contribution is 0.297. The van der Waals surface area contributed by atoms with Crippen LogP contribution in [0.25, 0.3) is 0 Å². The number of nitrogens with zero attached hydrogens (tertiary/aromatic N) is 4. The third-order valence-electron chi connectivity index (χ3n) is 4.39. The monoisotopic (exact) mass is 500 g/mol. The first-order chi connectivity index (χ1) is 13.2. The highest BCUT2D eigenvalue weighted by Gasteiger charge is 2.12. The minimum Gasteiger partial charge on any atom is -0.490 e. The van der Waals surface area contributed by atoms with Gasteiger partial charge >= 0.3 is 0 Å². The molecule has 154 valence electrons. The van der Waals surface area contributed by atoms with Gasteiger partial charge in [0.2, 0.25) is 0 Å². The molecule has 0 radical (unpaired) electrons. The van der Waals surface area contributed by atoms with E-state index in [1.807, 2.05) is 36.7 Å². The van der Waals surface area contributed by atoms with Crippen LogP contribution in [0, 0.1) is 6.92 Å². The summed E-state index contributed by atoms with van der Waals surface area (Å²) < 4.78 is 13.4. The van der Waals surface area contributed by atoms with Crippen LogP contribution in [-0.2, 0) is 13.6 Å². The highest BCUT2D eigenvalue weighted by molar-refractivity contribution is 14.0. The lowest BCUT2D eigenvalue weighted by Crippen LogP contribution is -2.31. The Hall–Kier alpha value is -2.04. The molecule has 1 aliphatic rings. The first-order valence-electron chi connectivity index (χ1n) is 9.47. The van der Waals surface area contributed by atoms with Crippen LogP contribution in [0.1, 0.15) is 37.8 Å². The normalized spacial score (nSPS) is 13.5. The molecule has 1 aromatic heterocycles. The third kappa shape index (κ3) is 5.98. The average molecular weight is 500 g/mol. The van der Waals surface area contributed by atoms with Gasteiger partial charge in [-0.15, -0.1) is 34.2 Å². The lowest BCUT2D eigenvalue weighted by atomic mass is 10.2. The molecule has 1 aliphatic heterocycles. The van der Waals surface area contributed by atoms with Gasteiger partial charge in [-0.2, -0.15) is 0 Å². The fourth-order valence-electron chi connectivity index (χ4n) is 2.64. The number of ether oxygens (including phenoxy) is 2. The molecule has 0 amide bonds. The van der Waals surface area contributed by atoms with Crippen molar-refractivity contribution >= 4 is 35.6 Å². The fraction of sp³-hybridized carbons (Fsp3) is 0.526. The number of guanidine groups is 1. The maximum Gasteiger partial charge on any atom is 0.196 e. The van der Waals surface area contributed by atoms with E-state index >= 15 is 0 Å². The molecule has 0 saturated heterocycles. The first kappa shape index (κ1) is 22.3. The van der Waals surface area contributed by atoms with E-state index in [1.165, 1.54) is 0 Å². The van der Waals surface area contributed by atoms with E-state index in [0.29, 0.717) is 25.7 Å². The third-order valence-corrected chi connectivity index (χ3v) is 4.39. The summed E-state index contributed by atoms with van der Waals surface area (Å²) in [5.41, 5.74) is 0.899. The minimum absolute atomic E-state index is 0. The Morgan fingerprint density at radius 2 is 2.00 bits per heavy atom. The standard InChI is InChI=1S/C19H28N6O2.HI/c1-4-5-9-20-19(21-13-18-24-23-14(2)25(18)3)22-15-7-8-16-17(12-15)27-11-6-10-26-16;/h7-8,12H,4-6,9-11,13H2,1-3H3,(H2,20,21,22);1H. The Bertz CT molecular complexity index is 793. The van der Waals surface area contributed by atoms with E-state index in [0.717, 1.165) is 54.6 Å². The summed E-state index contributed by atoms with van der Waals surface area (Å²) in [4.78, 5) is 4.66. The number of nitrogens with one attached hydrogen (secondary N) is 2. The average Bonchev–Trinajstić information content (AvgIpc) is 2.86. The highest BCUT2D eigenvalue weighted by Crippen LogP contribution is 2.32. The molecule has 2 N–H and O–H groups in total. The Labute approximate surface area is 183 Å². The Balaban J connectivity index is 0.00000280. The molecule has 0 spiro atoms. The molecule has 1 aromatic carbocycles. The van der Waals surface area contributed by atoms with Gasteiger partial charge in [-0.05, 0) is 25.5 Å². The second kappa shape index (κ2) is 11.1. The molecule has 0 unspecified atom stereocenters. The molecule has 28 heavy (non-hydrogen) atoms. The molecule has 0 saturated carbocycles. The van der Waals surface area contributed by atoms with Gasteiger partial charge in [-0.3, -0.25) is 0 Å². The number of hydrogen-bond acceptors (Lipinski definition) is 5. The molecule has 0 atom stereocenters. The zero-order valence-electron chi connectivity index (χ0n) is 16.7. The van der Waals surface area contributed by atoms with Gasteiger partial charge in [-0.1, -0.05) is 13.3 Å². The molecule has 2 aromatic rings. The van der Waals surface area contributed by atoms with E-state index < -0.39 is 0 Å². The molecule has 0 fully saturated rings. The summed E-state index contributed by atoms with van der Waals surface area (Å²) in [6, 6.07) is 5.85. The number of aryl methyl sites for hydroxylation is 1. The predicted octanol–water partition coefficient (Wildman–Crippen LogP) is 3.26. The maximum absolute atomic E-state index is 5.77. The fourth-order valence-corrected chi connectivity index (χ4v) is 2.64. The molecule has 0 bridgehead atoms. The number of benzene rings is 1. The van der Waals surface area contributed by atoms with Crippen LogP contribution in [0.5, 0.6) is 11.5 Å². The molecule has 8 nitrogen and oxygen atoms in total. The van der Waals surface area contributed by atoms with Crippen molar-refractivity contribution in [1.29, 1.82) is 0 Å². The highest BCUT2D eigenvalue weighted by atomic mass is 127. The van der Waals surface area contributed by atoms with Gasteiger partial charge < -0.3 is 24.7 Å². The van der Waals surface area contributed by atoms with E-state index in [-0.39, 0.29) is 24.0 Å². The number of rotatable bonds is 6. The quantitative estimate of drug-likeness (QED) is 0.274. The molecule has 0 aliphatic carbocycles. The molecule has 9 heteroatoms. The van der Waals surface area contributed by atoms with Gasteiger partial charge in [0.05, 0.1) is 13.2 Å². The summed E-state index contributed by atoms with van der Waals surface area (Å²) in [7, 11) is 1.95.